The molecule has 2 unspecified atom stereocenters. The Bertz CT molecular complexity index is 946. The third kappa shape index (κ3) is 4.56. The van der Waals surface area contributed by atoms with E-state index in [0.717, 1.165) is 24.1 Å². The number of hydrogen-bond acceptors (Lipinski definition) is 3. The average Bonchev–Trinajstić information content (AvgIpc) is 3.32. The second-order valence-corrected chi connectivity index (χ2v) is 8.73. The molecular formula is C18H18ClF3N2O2S. The molecule has 0 aromatic heterocycles. The summed E-state index contributed by atoms with van der Waals surface area (Å²) in [4.78, 5) is 1.91. The van der Waals surface area contributed by atoms with Gasteiger partial charge in [0.25, 0.3) is 0 Å². The highest BCUT2D eigenvalue weighted by molar-refractivity contribution is 7.89. The average molecular weight is 419 g/mol. The van der Waals surface area contributed by atoms with E-state index >= 15 is 0 Å². The molecule has 27 heavy (non-hydrogen) atoms. The van der Waals surface area contributed by atoms with E-state index in [9.17, 15) is 21.6 Å². The van der Waals surface area contributed by atoms with Crippen molar-refractivity contribution in [1.82, 2.24) is 0 Å². The highest BCUT2D eigenvalue weighted by atomic mass is 35.5. The van der Waals surface area contributed by atoms with Crippen LogP contribution in [-0.4, -0.2) is 22.0 Å². The van der Waals surface area contributed by atoms with Crippen LogP contribution in [0.5, 0.6) is 0 Å². The van der Waals surface area contributed by atoms with Crippen LogP contribution in [0.3, 0.4) is 0 Å². The van der Waals surface area contributed by atoms with Crippen LogP contribution in [-0.2, 0) is 16.2 Å². The Morgan fingerprint density at radius 2 is 1.81 bits per heavy atom. The summed E-state index contributed by atoms with van der Waals surface area (Å²) in [5.74, 6) is 0.587. The second-order valence-electron chi connectivity index (χ2n) is 6.76. The van der Waals surface area contributed by atoms with Crippen LogP contribution in [0, 0.1) is 5.92 Å². The number of nitrogens with zero attached hydrogens (tertiary/aromatic N) is 1. The summed E-state index contributed by atoms with van der Waals surface area (Å²) in [6.07, 6.45) is -3.51. The van der Waals surface area contributed by atoms with Crippen molar-refractivity contribution in [3.63, 3.8) is 0 Å². The molecule has 2 N–H and O–H groups in total. The summed E-state index contributed by atoms with van der Waals surface area (Å²) in [6, 6.07) is 9.79. The number of primary sulfonamides is 1. The van der Waals surface area contributed by atoms with Crippen molar-refractivity contribution in [1.29, 1.82) is 0 Å². The molecule has 0 spiro atoms. The van der Waals surface area contributed by atoms with E-state index in [-0.39, 0.29) is 15.8 Å². The molecule has 2 aromatic carbocycles. The molecule has 1 saturated carbocycles. The minimum absolute atomic E-state index is 0.0574. The van der Waals surface area contributed by atoms with E-state index in [1.165, 1.54) is 18.2 Å². The lowest BCUT2D eigenvalue weighted by Gasteiger charge is -2.21. The lowest BCUT2D eigenvalue weighted by Crippen LogP contribution is -2.21. The van der Waals surface area contributed by atoms with E-state index in [4.69, 9.17) is 16.7 Å². The predicted molar refractivity (Wildman–Crippen MR) is 98.4 cm³/mol. The van der Waals surface area contributed by atoms with Crippen LogP contribution >= 0.6 is 11.6 Å². The van der Waals surface area contributed by atoms with Gasteiger partial charge in [0, 0.05) is 13.6 Å². The van der Waals surface area contributed by atoms with Crippen LogP contribution in [0.1, 0.15) is 23.5 Å². The van der Waals surface area contributed by atoms with Crippen molar-refractivity contribution < 1.29 is 21.6 Å². The summed E-state index contributed by atoms with van der Waals surface area (Å²) in [7, 11) is -1.93. The Labute approximate surface area is 160 Å². The molecule has 0 bridgehead atoms. The second kappa shape index (κ2) is 7.00. The molecule has 3 rings (SSSR count). The molecule has 9 heteroatoms. The Balaban J connectivity index is 1.66. The summed E-state index contributed by atoms with van der Waals surface area (Å²) in [5, 5.41) is 5.15. The number of anilines is 1. The largest absolute Gasteiger partial charge is 0.416 e. The van der Waals surface area contributed by atoms with Gasteiger partial charge in [-0.15, -0.1) is 0 Å². The highest BCUT2D eigenvalue weighted by Crippen LogP contribution is 2.48. The van der Waals surface area contributed by atoms with E-state index < -0.39 is 21.8 Å². The third-order valence-corrected chi connectivity index (χ3v) is 5.99. The van der Waals surface area contributed by atoms with Gasteiger partial charge >= 0.3 is 6.18 Å². The molecule has 2 atom stereocenters. The molecule has 1 fully saturated rings. The molecule has 0 radical (unpaired) electrons. The zero-order valence-electron chi connectivity index (χ0n) is 14.4. The molecule has 1 aliphatic rings. The number of alkyl halides is 3. The van der Waals surface area contributed by atoms with Crippen molar-refractivity contribution in [3.8, 4) is 0 Å². The van der Waals surface area contributed by atoms with Gasteiger partial charge < -0.3 is 4.90 Å². The van der Waals surface area contributed by atoms with Crippen molar-refractivity contribution in [2.75, 3.05) is 18.5 Å². The third-order valence-electron chi connectivity index (χ3n) is 4.75. The number of hydrogen-bond donors (Lipinski definition) is 1. The van der Waals surface area contributed by atoms with Crippen molar-refractivity contribution in [3.05, 3.63) is 58.6 Å². The first kappa shape index (κ1) is 20.0. The minimum atomic E-state index is -4.43. The van der Waals surface area contributed by atoms with E-state index in [1.54, 1.807) is 19.2 Å². The van der Waals surface area contributed by atoms with Crippen LogP contribution in [0.15, 0.2) is 47.4 Å². The molecule has 0 heterocycles. The molecule has 0 amide bonds. The monoisotopic (exact) mass is 418 g/mol. The first-order valence-electron chi connectivity index (χ1n) is 8.17. The van der Waals surface area contributed by atoms with Crippen LogP contribution in [0.2, 0.25) is 5.02 Å². The molecule has 1 aliphatic carbocycles. The molecule has 4 nitrogen and oxygen atoms in total. The number of benzene rings is 2. The standard InChI is InChI=1S/C18H18ClF3N2O2S/c1-24(17-7-4-13(9-16(17)19)18(20,21)22)10-12-8-15(12)11-2-5-14(6-3-11)27(23,25)26/h2-7,9,12,15H,8,10H2,1H3,(H2,23,25,26). The fraction of sp³-hybridized carbons (Fsp3) is 0.333. The first-order valence-corrected chi connectivity index (χ1v) is 10.1. The number of nitrogens with two attached hydrogens (primary N) is 1. The van der Waals surface area contributed by atoms with E-state index in [0.29, 0.717) is 18.2 Å². The Hall–Kier alpha value is -1.77. The van der Waals surface area contributed by atoms with Gasteiger partial charge in [-0.05, 0) is 54.2 Å². The maximum atomic E-state index is 12.7. The van der Waals surface area contributed by atoms with Crippen LogP contribution in [0.4, 0.5) is 18.9 Å². The molecule has 0 aliphatic heterocycles. The van der Waals surface area contributed by atoms with Gasteiger partial charge in [0.05, 0.1) is 21.2 Å². The Morgan fingerprint density at radius 3 is 2.33 bits per heavy atom. The Morgan fingerprint density at radius 1 is 1.19 bits per heavy atom. The number of rotatable bonds is 5. The molecular weight excluding hydrogens is 401 g/mol. The van der Waals surface area contributed by atoms with Gasteiger partial charge in [-0.3, -0.25) is 0 Å². The zero-order chi connectivity index (χ0) is 20.0. The summed E-state index contributed by atoms with van der Waals surface area (Å²) in [6.45, 7) is 0.632. The van der Waals surface area contributed by atoms with Crippen LogP contribution in [0.25, 0.3) is 0 Å². The number of halogens is 4. The normalized spacial score (nSPS) is 19.8. The zero-order valence-corrected chi connectivity index (χ0v) is 15.9. The van der Waals surface area contributed by atoms with E-state index in [2.05, 4.69) is 0 Å². The van der Waals surface area contributed by atoms with Gasteiger partial charge in [0.15, 0.2) is 0 Å². The maximum Gasteiger partial charge on any atom is 0.416 e. The van der Waals surface area contributed by atoms with Crippen molar-refractivity contribution in [2.45, 2.75) is 23.4 Å². The summed E-state index contributed by atoms with van der Waals surface area (Å²) < 4.78 is 60.8. The lowest BCUT2D eigenvalue weighted by molar-refractivity contribution is -0.137. The first-order chi connectivity index (χ1) is 12.5. The van der Waals surface area contributed by atoms with E-state index in [1.807, 2.05) is 4.90 Å². The Kier molecular flexibility index (Phi) is 5.18. The van der Waals surface area contributed by atoms with Gasteiger partial charge in [-0.2, -0.15) is 13.2 Å². The lowest BCUT2D eigenvalue weighted by atomic mass is 10.1. The number of sulfonamides is 1. The fourth-order valence-corrected chi connectivity index (χ4v) is 4.05. The smallest absolute Gasteiger partial charge is 0.373 e. The van der Waals surface area contributed by atoms with Gasteiger partial charge in [0.2, 0.25) is 10.0 Å². The topological polar surface area (TPSA) is 63.4 Å². The summed E-state index contributed by atoms with van der Waals surface area (Å²) in [5.41, 5.74) is 0.781. The van der Waals surface area contributed by atoms with Gasteiger partial charge in [0.1, 0.15) is 0 Å². The maximum absolute atomic E-state index is 12.7. The SMILES string of the molecule is CN(CC1CC1c1ccc(S(N)(=O)=O)cc1)c1ccc(C(F)(F)F)cc1Cl. The molecule has 0 saturated heterocycles. The van der Waals surface area contributed by atoms with Gasteiger partial charge in [-0.1, -0.05) is 23.7 Å². The van der Waals surface area contributed by atoms with Gasteiger partial charge in [-0.25, -0.2) is 13.6 Å². The molecule has 2 aromatic rings. The van der Waals surface area contributed by atoms with Crippen molar-refractivity contribution >= 4 is 27.3 Å². The summed E-state index contributed by atoms with van der Waals surface area (Å²) >= 11 is 6.04. The highest BCUT2D eigenvalue weighted by Gasteiger charge is 2.39. The quantitative estimate of drug-likeness (QED) is 0.789. The minimum Gasteiger partial charge on any atom is -0.373 e. The fourth-order valence-electron chi connectivity index (χ4n) is 3.21. The molecule has 146 valence electrons. The van der Waals surface area contributed by atoms with Crippen LogP contribution < -0.4 is 10.0 Å². The predicted octanol–water partition coefficient (Wildman–Crippen LogP) is 4.25. The van der Waals surface area contributed by atoms with Crippen molar-refractivity contribution in [2.24, 2.45) is 11.1 Å².